The summed E-state index contributed by atoms with van der Waals surface area (Å²) in [5, 5.41) is 9.15. The molecule has 0 aromatic heterocycles. The van der Waals surface area contributed by atoms with Crippen molar-refractivity contribution < 1.29 is 19.5 Å². The van der Waals surface area contributed by atoms with Crippen LogP contribution in [-0.2, 0) is 14.4 Å². The largest absolute Gasteiger partial charge is 0.481 e. The Balaban J connectivity index is 2.62. The van der Waals surface area contributed by atoms with Crippen molar-refractivity contribution >= 4 is 17.5 Å². The van der Waals surface area contributed by atoms with Gasteiger partial charge in [-0.25, -0.2) is 0 Å². The summed E-state index contributed by atoms with van der Waals surface area (Å²) in [7, 11) is 0. The van der Waals surface area contributed by atoms with Gasteiger partial charge in [0.25, 0.3) is 0 Å². The first-order valence-electron chi connectivity index (χ1n) is 4.68. The summed E-state index contributed by atoms with van der Waals surface area (Å²) in [5.41, 5.74) is -2.15. The fourth-order valence-electron chi connectivity index (χ4n) is 2.92. The van der Waals surface area contributed by atoms with Gasteiger partial charge in [-0.3, -0.25) is 14.4 Å². The molecule has 0 aromatic rings. The van der Waals surface area contributed by atoms with Gasteiger partial charge in [-0.05, 0) is 19.8 Å². The van der Waals surface area contributed by atoms with Gasteiger partial charge >= 0.3 is 5.97 Å². The SMILES string of the molecule is CC12CCC(C(=O)C1=O)C2(C)C(=O)O. The Hall–Kier alpha value is -1.19. The van der Waals surface area contributed by atoms with Crippen LogP contribution in [0.1, 0.15) is 26.7 Å². The molecule has 3 atom stereocenters. The summed E-state index contributed by atoms with van der Waals surface area (Å²) in [4.78, 5) is 34.3. The molecule has 4 heteroatoms. The number of hydrogen-bond donors (Lipinski definition) is 1. The van der Waals surface area contributed by atoms with Crippen molar-refractivity contribution in [2.45, 2.75) is 26.7 Å². The second-order valence-electron chi connectivity index (χ2n) is 4.62. The van der Waals surface area contributed by atoms with Crippen LogP contribution >= 0.6 is 0 Å². The molecule has 3 unspecified atom stereocenters. The van der Waals surface area contributed by atoms with Gasteiger partial charge < -0.3 is 5.11 Å². The van der Waals surface area contributed by atoms with Gasteiger partial charge in [0.2, 0.25) is 11.6 Å². The maximum absolute atomic E-state index is 11.6. The topological polar surface area (TPSA) is 71.4 Å². The van der Waals surface area contributed by atoms with E-state index >= 15 is 0 Å². The molecular formula is C10H12O4. The number of carbonyl (C=O) groups is 3. The van der Waals surface area contributed by atoms with Crippen LogP contribution in [-0.4, -0.2) is 22.6 Å². The lowest BCUT2D eigenvalue weighted by Crippen LogP contribution is -2.41. The zero-order chi connectivity index (χ0) is 10.7. The molecular weight excluding hydrogens is 184 g/mol. The number of carboxylic acid groups (broad SMARTS) is 1. The van der Waals surface area contributed by atoms with Crippen LogP contribution in [0.2, 0.25) is 0 Å². The van der Waals surface area contributed by atoms with E-state index in [1.165, 1.54) is 6.92 Å². The first-order valence-corrected chi connectivity index (χ1v) is 4.68. The molecule has 2 aliphatic rings. The van der Waals surface area contributed by atoms with Crippen molar-refractivity contribution in [3.63, 3.8) is 0 Å². The molecule has 2 aliphatic carbocycles. The predicted octanol–water partition coefficient (Wildman–Crippen LogP) is 0.645. The zero-order valence-electron chi connectivity index (χ0n) is 8.16. The zero-order valence-corrected chi connectivity index (χ0v) is 8.16. The van der Waals surface area contributed by atoms with Crippen molar-refractivity contribution in [3.05, 3.63) is 0 Å². The van der Waals surface area contributed by atoms with Crippen molar-refractivity contribution in [1.82, 2.24) is 0 Å². The van der Waals surface area contributed by atoms with Gasteiger partial charge in [-0.2, -0.15) is 0 Å². The van der Waals surface area contributed by atoms with Gasteiger partial charge in [0, 0.05) is 5.92 Å². The first kappa shape index (κ1) is 9.37. The Labute approximate surface area is 81.3 Å². The standard InChI is InChI=1S/C10H12O4/c1-9-4-3-5(6(11)7(9)12)10(9,2)8(13)14/h5H,3-4H2,1-2H3,(H,13,14). The van der Waals surface area contributed by atoms with Crippen molar-refractivity contribution in [1.29, 1.82) is 0 Å². The Morgan fingerprint density at radius 1 is 1.43 bits per heavy atom. The highest BCUT2D eigenvalue weighted by Gasteiger charge is 2.72. The molecule has 2 rings (SSSR count). The smallest absolute Gasteiger partial charge is 0.311 e. The molecule has 0 aliphatic heterocycles. The van der Waals surface area contributed by atoms with Gasteiger partial charge in [-0.1, -0.05) is 6.92 Å². The summed E-state index contributed by atoms with van der Waals surface area (Å²) < 4.78 is 0. The number of rotatable bonds is 1. The molecule has 76 valence electrons. The summed E-state index contributed by atoms with van der Waals surface area (Å²) >= 11 is 0. The van der Waals surface area contributed by atoms with E-state index in [1.54, 1.807) is 6.92 Å². The number of Topliss-reactive ketones (excluding diaryl/α,β-unsaturated/α-hetero) is 2. The molecule has 0 radical (unpaired) electrons. The van der Waals surface area contributed by atoms with Gasteiger partial charge in [0.1, 0.15) is 0 Å². The monoisotopic (exact) mass is 196 g/mol. The van der Waals surface area contributed by atoms with E-state index in [1.807, 2.05) is 0 Å². The third kappa shape index (κ3) is 0.656. The molecule has 2 bridgehead atoms. The van der Waals surface area contributed by atoms with Crippen LogP contribution in [0.3, 0.4) is 0 Å². The second kappa shape index (κ2) is 2.24. The maximum atomic E-state index is 11.6. The number of fused-ring (bicyclic) bond motifs is 2. The van der Waals surface area contributed by atoms with E-state index in [0.29, 0.717) is 12.8 Å². The van der Waals surface area contributed by atoms with E-state index < -0.39 is 34.3 Å². The van der Waals surface area contributed by atoms with E-state index in [9.17, 15) is 14.4 Å². The minimum atomic E-state index is -1.18. The third-order valence-corrected chi connectivity index (χ3v) is 4.26. The average Bonchev–Trinajstić information content (AvgIpc) is 2.45. The number of aliphatic carboxylic acids is 1. The summed E-state index contributed by atoms with van der Waals surface area (Å²) in [6.07, 6.45) is 1.05. The lowest BCUT2D eigenvalue weighted by atomic mass is 9.69. The van der Waals surface area contributed by atoms with Crippen LogP contribution < -0.4 is 0 Å². The molecule has 0 aromatic carbocycles. The number of carboxylic acids is 1. The Morgan fingerprint density at radius 2 is 2.00 bits per heavy atom. The fraction of sp³-hybridized carbons (Fsp3) is 0.700. The predicted molar refractivity (Wildman–Crippen MR) is 46.6 cm³/mol. The highest BCUT2D eigenvalue weighted by atomic mass is 16.4. The lowest BCUT2D eigenvalue weighted by Gasteiger charge is -2.30. The van der Waals surface area contributed by atoms with Gasteiger partial charge in [0.05, 0.1) is 10.8 Å². The summed E-state index contributed by atoms with van der Waals surface area (Å²) in [6, 6.07) is 0. The molecule has 0 heterocycles. The van der Waals surface area contributed by atoms with E-state index in [-0.39, 0.29) is 0 Å². The fourth-order valence-corrected chi connectivity index (χ4v) is 2.92. The molecule has 0 spiro atoms. The number of carbonyl (C=O) groups excluding carboxylic acids is 2. The quantitative estimate of drug-likeness (QED) is 0.625. The molecule has 2 fully saturated rings. The molecule has 2 saturated carbocycles. The molecule has 4 nitrogen and oxygen atoms in total. The highest BCUT2D eigenvalue weighted by Crippen LogP contribution is 2.62. The summed E-state index contributed by atoms with van der Waals surface area (Å²) in [6.45, 7) is 3.13. The Kier molecular flexibility index (Phi) is 1.50. The van der Waals surface area contributed by atoms with E-state index in [4.69, 9.17) is 5.11 Å². The minimum Gasteiger partial charge on any atom is -0.481 e. The van der Waals surface area contributed by atoms with Crippen molar-refractivity contribution in [2.24, 2.45) is 16.7 Å². The summed E-state index contributed by atoms with van der Waals surface area (Å²) in [5.74, 6) is -2.60. The lowest BCUT2D eigenvalue weighted by molar-refractivity contribution is -0.156. The third-order valence-electron chi connectivity index (χ3n) is 4.26. The van der Waals surface area contributed by atoms with Crippen LogP contribution in [0.5, 0.6) is 0 Å². The molecule has 0 amide bonds. The minimum absolute atomic E-state index is 0.483. The first-order chi connectivity index (χ1) is 6.35. The van der Waals surface area contributed by atoms with Crippen molar-refractivity contribution in [2.75, 3.05) is 0 Å². The highest BCUT2D eigenvalue weighted by molar-refractivity contribution is 6.44. The Morgan fingerprint density at radius 3 is 2.29 bits per heavy atom. The molecule has 14 heavy (non-hydrogen) atoms. The maximum Gasteiger partial charge on any atom is 0.311 e. The Bertz CT molecular complexity index is 359. The normalized spacial score (nSPS) is 46.0. The second-order valence-corrected chi connectivity index (χ2v) is 4.62. The van der Waals surface area contributed by atoms with E-state index in [0.717, 1.165) is 0 Å². The van der Waals surface area contributed by atoms with Crippen LogP contribution in [0, 0.1) is 16.7 Å². The molecule has 1 N–H and O–H groups in total. The van der Waals surface area contributed by atoms with Gasteiger partial charge in [-0.15, -0.1) is 0 Å². The van der Waals surface area contributed by atoms with Gasteiger partial charge in [0.15, 0.2) is 0 Å². The molecule has 0 saturated heterocycles. The average molecular weight is 196 g/mol. The van der Waals surface area contributed by atoms with Crippen molar-refractivity contribution in [3.8, 4) is 0 Å². The van der Waals surface area contributed by atoms with Crippen LogP contribution in [0.4, 0.5) is 0 Å². The number of hydrogen-bond acceptors (Lipinski definition) is 3. The van der Waals surface area contributed by atoms with Crippen LogP contribution in [0.25, 0.3) is 0 Å². The van der Waals surface area contributed by atoms with E-state index in [2.05, 4.69) is 0 Å². The van der Waals surface area contributed by atoms with Crippen LogP contribution in [0.15, 0.2) is 0 Å². The number of ketones is 2.